The lowest BCUT2D eigenvalue weighted by Gasteiger charge is -2.16. The maximum absolute atomic E-state index is 13.0. The highest BCUT2D eigenvalue weighted by atomic mass is 79.9. The fraction of sp³-hybridized carbons (Fsp3) is 0.250. The van der Waals surface area contributed by atoms with E-state index in [2.05, 4.69) is 21.2 Å². The fourth-order valence-corrected chi connectivity index (χ4v) is 3.58. The van der Waals surface area contributed by atoms with Gasteiger partial charge in [0.25, 0.3) is 0 Å². The maximum atomic E-state index is 13.0. The second-order valence-electron chi connectivity index (χ2n) is 6.67. The van der Waals surface area contributed by atoms with Crippen LogP contribution in [0, 0.1) is 5.82 Å². The van der Waals surface area contributed by atoms with Gasteiger partial charge in [-0.1, -0.05) is 42.5 Å². The van der Waals surface area contributed by atoms with Crippen molar-refractivity contribution in [3.05, 3.63) is 93.7 Å². The number of rotatable bonds is 10. The zero-order valence-corrected chi connectivity index (χ0v) is 19.3. The second kappa shape index (κ2) is 12.6. The molecule has 1 N–H and O–H groups in total. The van der Waals surface area contributed by atoms with E-state index in [1.165, 1.54) is 12.1 Å². The normalized spacial score (nSPS) is 10.4. The standard InChI is InChI=1S/C24H25BrFNO2.ClH/c1-2-28-23-15-20(16-27-13-12-18-8-10-21(26)11-9-18)14-22(25)24(23)29-17-19-6-4-3-5-7-19;/h3-11,14-15,27H,2,12-13,16-17H2,1H3;1H. The molecule has 0 radical (unpaired) electrons. The van der Waals surface area contributed by atoms with Crippen LogP contribution in [0.15, 0.2) is 71.2 Å². The summed E-state index contributed by atoms with van der Waals surface area (Å²) < 4.78 is 25.7. The molecule has 0 bridgehead atoms. The van der Waals surface area contributed by atoms with Gasteiger partial charge in [-0.2, -0.15) is 0 Å². The Kier molecular flexibility index (Phi) is 10.1. The van der Waals surface area contributed by atoms with E-state index in [9.17, 15) is 4.39 Å². The number of ether oxygens (including phenoxy) is 2. The molecule has 3 nitrogen and oxygen atoms in total. The molecule has 0 amide bonds. The molecule has 3 rings (SSSR count). The zero-order chi connectivity index (χ0) is 20.5. The van der Waals surface area contributed by atoms with Crippen LogP contribution in [0.4, 0.5) is 4.39 Å². The lowest BCUT2D eigenvalue weighted by Crippen LogP contribution is -2.17. The average molecular weight is 495 g/mol. The van der Waals surface area contributed by atoms with Crippen molar-refractivity contribution in [2.75, 3.05) is 13.2 Å². The van der Waals surface area contributed by atoms with Crippen LogP contribution in [0.5, 0.6) is 11.5 Å². The van der Waals surface area contributed by atoms with Crippen molar-refractivity contribution < 1.29 is 13.9 Å². The minimum atomic E-state index is -0.204. The molecule has 0 heterocycles. The summed E-state index contributed by atoms with van der Waals surface area (Å²) in [7, 11) is 0. The van der Waals surface area contributed by atoms with Crippen LogP contribution in [0.1, 0.15) is 23.6 Å². The van der Waals surface area contributed by atoms with E-state index in [4.69, 9.17) is 9.47 Å². The molecule has 0 saturated carbocycles. The Morgan fingerprint density at radius 1 is 0.900 bits per heavy atom. The third-order valence-corrected chi connectivity index (χ3v) is 5.02. The Morgan fingerprint density at radius 2 is 1.63 bits per heavy atom. The summed E-state index contributed by atoms with van der Waals surface area (Å²) in [4.78, 5) is 0. The van der Waals surface area contributed by atoms with Gasteiger partial charge in [0, 0.05) is 6.54 Å². The van der Waals surface area contributed by atoms with Gasteiger partial charge in [0.2, 0.25) is 0 Å². The van der Waals surface area contributed by atoms with E-state index in [0.29, 0.717) is 25.5 Å². The molecular weight excluding hydrogens is 469 g/mol. The first-order valence-corrected chi connectivity index (χ1v) is 10.5. The quantitative estimate of drug-likeness (QED) is 0.335. The fourth-order valence-electron chi connectivity index (χ4n) is 2.97. The number of benzene rings is 3. The molecule has 160 valence electrons. The van der Waals surface area contributed by atoms with Gasteiger partial charge >= 0.3 is 0 Å². The van der Waals surface area contributed by atoms with Crippen LogP contribution in [0.3, 0.4) is 0 Å². The third kappa shape index (κ3) is 7.31. The molecule has 0 unspecified atom stereocenters. The monoisotopic (exact) mass is 493 g/mol. The van der Waals surface area contributed by atoms with E-state index in [1.807, 2.05) is 61.5 Å². The molecule has 3 aromatic rings. The van der Waals surface area contributed by atoms with Crippen LogP contribution in [0.25, 0.3) is 0 Å². The second-order valence-corrected chi connectivity index (χ2v) is 7.52. The first-order valence-electron chi connectivity index (χ1n) is 9.73. The Morgan fingerprint density at radius 3 is 2.33 bits per heavy atom. The van der Waals surface area contributed by atoms with Crippen LogP contribution in [-0.4, -0.2) is 13.2 Å². The highest BCUT2D eigenvalue weighted by Crippen LogP contribution is 2.37. The minimum Gasteiger partial charge on any atom is -0.490 e. The number of hydrogen-bond acceptors (Lipinski definition) is 3. The van der Waals surface area contributed by atoms with Gasteiger partial charge in [-0.15, -0.1) is 12.4 Å². The maximum Gasteiger partial charge on any atom is 0.175 e. The predicted molar refractivity (Wildman–Crippen MR) is 125 cm³/mol. The van der Waals surface area contributed by atoms with Gasteiger partial charge in [0.15, 0.2) is 11.5 Å². The van der Waals surface area contributed by atoms with Crippen LogP contribution >= 0.6 is 28.3 Å². The molecule has 0 atom stereocenters. The summed E-state index contributed by atoms with van der Waals surface area (Å²) in [5.41, 5.74) is 3.32. The summed E-state index contributed by atoms with van der Waals surface area (Å²) in [5.74, 6) is 1.24. The van der Waals surface area contributed by atoms with Crippen molar-refractivity contribution in [2.45, 2.75) is 26.5 Å². The van der Waals surface area contributed by atoms with E-state index >= 15 is 0 Å². The molecule has 6 heteroatoms. The van der Waals surface area contributed by atoms with Crippen molar-refractivity contribution >= 4 is 28.3 Å². The average Bonchev–Trinajstić information content (AvgIpc) is 2.73. The van der Waals surface area contributed by atoms with Crippen molar-refractivity contribution in [3.63, 3.8) is 0 Å². The summed E-state index contributed by atoms with van der Waals surface area (Å²) in [5, 5.41) is 3.43. The molecule has 0 saturated heterocycles. The van der Waals surface area contributed by atoms with Crippen molar-refractivity contribution in [3.8, 4) is 11.5 Å². The van der Waals surface area contributed by atoms with Crippen LogP contribution < -0.4 is 14.8 Å². The van der Waals surface area contributed by atoms with E-state index in [0.717, 1.165) is 39.9 Å². The largest absolute Gasteiger partial charge is 0.490 e. The molecule has 0 aliphatic heterocycles. The minimum absolute atomic E-state index is 0. The van der Waals surface area contributed by atoms with Crippen molar-refractivity contribution in [1.29, 1.82) is 0 Å². The SMILES string of the molecule is CCOc1cc(CNCCc2ccc(F)cc2)cc(Br)c1OCc1ccccc1.Cl. The highest BCUT2D eigenvalue weighted by molar-refractivity contribution is 9.10. The van der Waals surface area contributed by atoms with E-state index in [-0.39, 0.29) is 18.2 Å². The Balaban J connectivity index is 0.00000320. The summed E-state index contributed by atoms with van der Waals surface area (Å²) in [6.45, 7) is 4.52. The molecule has 30 heavy (non-hydrogen) atoms. The molecule has 0 aliphatic rings. The molecule has 3 aromatic carbocycles. The van der Waals surface area contributed by atoms with Crippen molar-refractivity contribution in [2.24, 2.45) is 0 Å². The Hall–Kier alpha value is -2.08. The van der Waals surface area contributed by atoms with Gasteiger partial charge in [-0.25, -0.2) is 4.39 Å². The van der Waals surface area contributed by atoms with Gasteiger partial charge in [0.1, 0.15) is 12.4 Å². The number of hydrogen-bond donors (Lipinski definition) is 1. The first kappa shape index (κ1) is 24.2. The molecule has 0 spiro atoms. The number of nitrogens with one attached hydrogen (secondary N) is 1. The van der Waals surface area contributed by atoms with E-state index < -0.39 is 0 Å². The lowest BCUT2D eigenvalue weighted by atomic mass is 10.1. The first-order chi connectivity index (χ1) is 14.2. The number of halogens is 3. The molecule has 0 aliphatic carbocycles. The molecule has 0 aromatic heterocycles. The lowest BCUT2D eigenvalue weighted by molar-refractivity contribution is 0.267. The predicted octanol–water partition coefficient (Wildman–Crippen LogP) is 6.32. The van der Waals surface area contributed by atoms with E-state index in [1.54, 1.807) is 0 Å². The summed E-state index contributed by atoms with van der Waals surface area (Å²) in [6, 6.07) is 20.7. The van der Waals surface area contributed by atoms with Crippen molar-refractivity contribution in [1.82, 2.24) is 5.32 Å². The van der Waals surface area contributed by atoms with Crippen LogP contribution in [-0.2, 0) is 19.6 Å². The topological polar surface area (TPSA) is 30.5 Å². The third-order valence-electron chi connectivity index (χ3n) is 4.43. The summed E-state index contributed by atoms with van der Waals surface area (Å²) in [6.07, 6.45) is 0.845. The van der Waals surface area contributed by atoms with Gasteiger partial charge < -0.3 is 14.8 Å². The summed E-state index contributed by atoms with van der Waals surface area (Å²) >= 11 is 3.63. The smallest absolute Gasteiger partial charge is 0.175 e. The molecular formula is C24H26BrClFNO2. The zero-order valence-electron chi connectivity index (χ0n) is 16.9. The highest BCUT2D eigenvalue weighted by Gasteiger charge is 2.12. The van der Waals surface area contributed by atoms with Gasteiger partial charge in [0.05, 0.1) is 11.1 Å². The van der Waals surface area contributed by atoms with Gasteiger partial charge in [-0.05, 0) is 76.8 Å². The Labute approximate surface area is 192 Å². The molecule has 0 fully saturated rings. The van der Waals surface area contributed by atoms with Gasteiger partial charge in [-0.3, -0.25) is 0 Å². The van der Waals surface area contributed by atoms with Crippen LogP contribution in [0.2, 0.25) is 0 Å². The Bertz CT molecular complexity index is 907.